The molecular formula is C11H17ClN4. The van der Waals surface area contributed by atoms with Crippen LogP contribution in [0.25, 0.3) is 0 Å². The van der Waals surface area contributed by atoms with Crippen molar-refractivity contribution < 1.29 is 0 Å². The lowest BCUT2D eigenvalue weighted by atomic mass is 10.1. The van der Waals surface area contributed by atoms with E-state index in [9.17, 15) is 0 Å². The Kier molecular flexibility index (Phi) is 2.88. The molecule has 0 bridgehead atoms. The summed E-state index contributed by atoms with van der Waals surface area (Å²) in [6, 6.07) is 0.481. The van der Waals surface area contributed by atoms with Crippen molar-refractivity contribution in [3.63, 3.8) is 0 Å². The van der Waals surface area contributed by atoms with Gasteiger partial charge in [0.05, 0.1) is 11.7 Å². The molecule has 2 aliphatic heterocycles. The topological polar surface area (TPSA) is 41.9 Å². The third kappa shape index (κ3) is 1.75. The first kappa shape index (κ1) is 10.6. The Hall–Kier alpha value is -0.580. The maximum Gasteiger partial charge on any atom is 0.154 e. The Morgan fingerprint density at radius 1 is 1.31 bits per heavy atom. The van der Waals surface area contributed by atoms with Crippen molar-refractivity contribution in [1.29, 1.82) is 0 Å². The van der Waals surface area contributed by atoms with E-state index in [1.165, 1.54) is 24.1 Å². The zero-order valence-electron chi connectivity index (χ0n) is 9.30. The lowest BCUT2D eigenvalue weighted by Crippen LogP contribution is -2.34. The summed E-state index contributed by atoms with van der Waals surface area (Å²) in [5, 5.41) is 12.0. The summed E-state index contributed by atoms with van der Waals surface area (Å²) in [6.45, 7) is 4.07. The number of nitrogens with one attached hydrogen (secondary N) is 2. The number of hydrogen-bond acceptors (Lipinski definition) is 3. The van der Waals surface area contributed by atoms with Crippen LogP contribution >= 0.6 is 11.6 Å². The molecule has 1 saturated heterocycles. The Labute approximate surface area is 100 Å². The van der Waals surface area contributed by atoms with E-state index < -0.39 is 0 Å². The third-order valence-electron chi connectivity index (χ3n) is 3.53. The minimum Gasteiger partial charge on any atom is -0.315 e. The molecule has 1 fully saturated rings. The highest BCUT2D eigenvalue weighted by Gasteiger charge is 2.24. The number of fused-ring (bicyclic) bond motifs is 1. The summed E-state index contributed by atoms with van der Waals surface area (Å²) >= 11 is 6.20. The SMILES string of the molecule is Clc1nn(C2CCCNC2)c2c1CCNC2. The highest BCUT2D eigenvalue weighted by molar-refractivity contribution is 6.30. The maximum absolute atomic E-state index is 6.20. The van der Waals surface area contributed by atoms with Crippen molar-refractivity contribution in [1.82, 2.24) is 20.4 Å². The van der Waals surface area contributed by atoms with Crippen LogP contribution in [-0.4, -0.2) is 29.4 Å². The molecule has 1 unspecified atom stereocenters. The number of hydrogen-bond donors (Lipinski definition) is 2. The maximum atomic E-state index is 6.20. The minimum atomic E-state index is 0.481. The van der Waals surface area contributed by atoms with Crippen LogP contribution in [0.5, 0.6) is 0 Å². The second-order valence-electron chi connectivity index (χ2n) is 4.59. The minimum absolute atomic E-state index is 0.481. The predicted molar refractivity (Wildman–Crippen MR) is 63.8 cm³/mol. The van der Waals surface area contributed by atoms with Crippen LogP contribution in [0, 0.1) is 0 Å². The lowest BCUT2D eigenvalue weighted by Gasteiger charge is -2.26. The molecule has 0 aliphatic carbocycles. The highest BCUT2D eigenvalue weighted by Crippen LogP contribution is 2.27. The largest absolute Gasteiger partial charge is 0.315 e. The second-order valence-corrected chi connectivity index (χ2v) is 4.95. The van der Waals surface area contributed by atoms with Gasteiger partial charge in [0, 0.05) is 18.7 Å². The molecular weight excluding hydrogens is 224 g/mol. The molecule has 0 amide bonds. The molecule has 0 aromatic carbocycles. The lowest BCUT2D eigenvalue weighted by molar-refractivity contribution is 0.335. The second kappa shape index (κ2) is 4.35. The fourth-order valence-electron chi connectivity index (χ4n) is 2.67. The van der Waals surface area contributed by atoms with Crippen LogP contribution in [0.1, 0.15) is 30.1 Å². The van der Waals surface area contributed by atoms with Gasteiger partial charge in [-0.25, -0.2) is 0 Å². The van der Waals surface area contributed by atoms with E-state index in [0.29, 0.717) is 11.2 Å². The smallest absolute Gasteiger partial charge is 0.154 e. The van der Waals surface area contributed by atoms with Crippen LogP contribution < -0.4 is 10.6 Å². The van der Waals surface area contributed by atoms with Crippen molar-refractivity contribution in [3.8, 4) is 0 Å². The Morgan fingerprint density at radius 3 is 3.06 bits per heavy atom. The molecule has 0 spiro atoms. The standard InChI is InChI=1S/C11H17ClN4/c12-11-9-3-5-14-7-10(9)16(15-11)8-2-1-4-13-6-8/h8,13-14H,1-7H2. The number of piperidine rings is 1. The summed E-state index contributed by atoms with van der Waals surface area (Å²) in [4.78, 5) is 0. The molecule has 1 aromatic heterocycles. The first-order valence-corrected chi connectivity index (χ1v) is 6.41. The van der Waals surface area contributed by atoms with E-state index in [4.69, 9.17) is 11.6 Å². The zero-order valence-corrected chi connectivity index (χ0v) is 10.1. The van der Waals surface area contributed by atoms with Gasteiger partial charge in [0.25, 0.3) is 0 Å². The fraction of sp³-hybridized carbons (Fsp3) is 0.727. The summed E-state index contributed by atoms with van der Waals surface area (Å²) in [7, 11) is 0. The van der Waals surface area contributed by atoms with E-state index in [1.54, 1.807) is 0 Å². The normalized spacial score (nSPS) is 25.4. The molecule has 88 valence electrons. The quantitative estimate of drug-likeness (QED) is 0.773. The van der Waals surface area contributed by atoms with Gasteiger partial charge in [0.2, 0.25) is 0 Å². The number of rotatable bonds is 1. The van der Waals surface area contributed by atoms with Crippen LogP contribution in [0.2, 0.25) is 5.15 Å². The monoisotopic (exact) mass is 240 g/mol. The van der Waals surface area contributed by atoms with Gasteiger partial charge in [-0.1, -0.05) is 11.6 Å². The Morgan fingerprint density at radius 2 is 2.25 bits per heavy atom. The molecule has 2 N–H and O–H groups in total. The molecule has 0 radical (unpaired) electrons. The molecule has 2 aliphatic rings. The van der Waals surface area contributed by atoms with E-state index in [2.05, 4.69) is 20.4 Å². The molecule has 1 aromatic rings. The molecule has 0 saturated carbocycles. The van der Waals surface area contributed by atoms with E-state index >= 15 is 0 Å². The van der Waals surface area contributed by atoms with Crippen LogP contribution in [-0.2, 0) is 13.0 Å². The average molecular weight is 241 g/mol. The van der Waals surface area contributed by atoms with E-state index in [-0.39, 0.29) is 0 Å². The van der Waals surface area contributed by atoms with Crippen LogP contribution in [0.3, 0.4) is 0 Å². The fourth-order valence-corrected chi connectivity index (χ4v) is 2.96. The molecule has 3 rings (SSSR count). The van der Waals surface area contributed by atoms with Gasteiger partial charge in [0.1, 0.15) is 0 Å². The van der Waals surface area contributed by atoms with Gasteiger partial charge >= 0.3 is 0 Å². The Bertz CT molecular complexity index is 382. The summed E-state index contributed by atoms with van der Waals surface area (Å²) in [6.07, 6.45) is 3.44. The summed E-state index contributed by atoms with van der Waals surface area (Å²) < 4.78 is 2.15. The van der Waals surface area contributed by atoms with E-state index in [0.717, 1.165) is 32.6 Å². The molecule has 3 heterocycles. The third-order valence-corrected chi connectivity index (χ3v) is 3.83. The van der Waals surface area contributed by atoms with Gasteiger partial charge in [0.15, 0.2) is 5.15 Å². The molecule has 5 heteroatoms. The average Bonchev–Trinajstić information content (AvgIpc) is 2.69. The van der Waals surface area contributed by atoms with Gasteiger partial charge in [-0.2, -0.15) is 5.10 Å². The van der Waals surface area contributed by atoms with Crippen molar-refractivity contribution in [2.45, 2.75) is 31.8 Å². The highest BCUT2D eigenvalue weighted by atomic mass is 35.5. The van der Waals surface area contributed by atoms with E-state index in [1.807, 2.05) is 0 Å². The molecule has 1 atom stereocenters. The van der Waals surface area contributed by atoms with Crippen molar-refractivity contribution in [3.05, 3.63) is 16.4 Å². The molecule has 4 nitrogen and oxygen atoms in total. The number of nitrogens with zero attached hydrogens (tertiary/aromatic N) is 2. The first-order chi connectivity index (χ1) is 7.86. The zero-order chi connectivity index (χ0) is 11.0. The number of aromatic nitrogens is 2. The molecule has 16 heavy (non-hydrogen) atoms. The van der Waals surface area contributed by atoms with Gasteiger partial charge in [-0.05, 0) is 32.4 Å². The summed E-state index contributed by atoms with van der Waals surface area (Å²) in [5.74, 6) is 0. The van der Waals surface area contributed by atoms with Crippen molar-refractivity contribution in [2.75, 3.05) is 19.6 Å². The van der Waals surface area contributed by atoms with Crippen LogP contribution in [0.4, 0.5) is 0 Å². The van der Waals surface area contributed by atoms with Crippen LogP contribution in [0.15, 0.2) is 0 Å². The van der Waals surface area contributed by atoms with Gasteiger partial charge in [-0.15, -0.1) is 0 Å². The van der Waals surface area contributed by atoms with Crippen molar-refractivity contribution in [2.24, 2.45) is 0 Å². The Balaban J connectivity index is 1.93. The number of halogens is 1. The first-order valence-electron chi connectivity index (χ1n) is 6.03. The van der Waals surface area contributed by atoms with Gasteiger partial charge < -0.3 is 10.6 Å². The van der Waals surface area contributed by atoms with Crippen molar-refractivity contribution >= 4 is 11.6 Å². The summed E-state index contributed by atoms with van der Waals surface area (Å²) in [5.41, 5.74) is 2.55. The predicted octanol–water partition coefficient (Wildman–Crippen LogP) is 1.11. The van der Waals surface area contributed by atoms with Gasteiger partial charge in [-0.3, -0.25) is 4.68 Å².